The van der Waals surface area contributed by atoms with E-state index >= 15 is 0 Å². The Morgan fingerprint density at radius 1 is 1.32 bits per heavy atom. The molecule has 1 saturated carbocycles. The van der Waals surface area contributed by atoms with Crippen molar-refractivity contribution in [2.24, 2.45) is 17.8 Å². The molecule has 0 spiro atoms. The van der Waals surface area contributed by atoms with Crippen LogP contribution < -0.4 is 5.32 Å². The molecule has 0 amide bonds. The molecule has 1 N–H and O–H groups in total. The van der Waals surface area contributed by atoms with E-state index < -0.39 is 0 Å². The molecule has 108 valence electrons. The minimum atomic E-state index is 0.688. The van der Waals surface area contributed by atoms with Gasteiger partial charge in [0.05, 0.1) is 0 Å². The Morgan fingerprint density at radius 2 is 2.16 bits per heavy atom. The summed E-state index contributed by atoms with van der Waals surface area (Å²) in [7, 11) is 0. The highest BCUT2D eigenvalue weighted by Gasteiger charge is 2.29. The maximum Gasteiger partial charge on any atom is 0.0144 e. The zero-order chi connectivity index (χ0) is 13.7. The van der Waals surface area contributed by atoms with E-state index in [0.717, 1.165) is 24.3 Å². The van der Waals surface area contributed by atoms with Crippen LogP contribution in [0.4, 0.5) is 0 Å². The van der Waals surface area contributed by atoms with E-state index in [1.165, 1.54) is 32.1 Å². The maximum atomic E-state index is 3.82. The van der Waals surface area contributed by atoms with Gasteiger partial charge in [-0.1, -0.05) is 33.3 Å². The maximum absolute atomic E-state index is 3.82. The predicted octanol–water partition coefficient (Wildman–Crippen LogP) is 4.73. The van der Waals surface area contributed by atoms with Gasteiger partial charge < -0.3 is 5.32 Å². The minimum absolute atomic E-state index is 0.688. The van der Waals surface area contributed by atoms with Gasteiger partial charge in [-0.3, -0.25) is 0 Å². The molecular weight excluding hydrogens is 250 g/mol. The first-order valence-corrected chi connectivity index (χ1v) is 8.84. The second-order valence-corrected chi connectivity index (χ2v) is 7.40. The van der Waals surface area contributed by atoms with Crippen molar-refractivity contribution in [2.75, 3.05) is 6.54 Å². The highest BCUT2D eigenvalue weighted by atomic mass is 32.1. The third-order valence-electron chi connectivity index (χ3n) is 4.87. The highest BCUT2D eigenvalue weighted by molar-refractivity contribution is 7.09. The summed E-state index contributed by atoms with van der Waals surface area (Å²) in [6, 6.07) is 5.16. The molecule has 0 bridgehead atoms. The topological polar surface area (TPSA) is 12.0 Å². The number of hydrogen-bond donors (Lipinski definition) is 1. The van der Waals surface area contributed by atoms with Crippen molar-refractivity contribution in [3.8, 4) is 0 Å². The Labute approximate surface area is 122 Å². The smallest absolute Gasteiger partial charge is 0.0144 e. The van der Waals surface area contributed by atoms with Crippen LogP contribution in [-0.4, -0.2) is 12.6 Å². The molecule has 0 aliphatic heterocycles. The average Bonchev–Trinajstić information content (AvgIpc) is 2.91. The lowest BCUT2D eigenvalue weighted by atomic mass is 9.72. The number of hydrogen-bond acceptors (Lipinski definition) is 2. The van der Waals surface area contributed by atoms with Crippen LogP contribution in [0.2, 0.25) is 0 Å². The molecule has 1 nitrogen and oxygen atoms in total. The van der Waals surface area contributed by atoms with Crippen LogP contribution in [0.3, 0.4) is 0 Å². The van der Waals surface area contributed by atoms with E-state index in [4.69, 9.17) is 0 Å². The Kier molecular flexibility index (Phi) is 5.90. The van der Waals surface area contributed by atoms with Gasteiger partial charge in [0.25, 0.3) is 0 Å². The molecule has 1 aliphatic rings. The van der Waals surface area contributed by atoms with Gasteiger partial charge in [-0.2, -0.15) is 0 Å². The van der Waals surface area contributed by atoms with Gasteiger partial charge in [0.2, 0.25) is 0 Å². The van der Waals surface area contributed by atoms with Crippen molar-refractivity contribution >= 4 is 11.3 Å². The summed E-state index contributed by atoms with van der Waals surface area (Å²) < 4.78 is 0. The summed E-state index contributed by atoms with van der Waals surface area (Å²) in [5, 5.41) is 6.03. The normalized spacial score (nSPS) is 29.3. The van der Waals surface area contributed by atoms with E-state index in [-0.39, 0.29) is 0 Å². The molecule has 1 heterocycles. The Bertz CT molecular complexity index is 346. The first kappa shape index (κ1) is 15.1. The van der Waals surface area contributed by atoms with E-state index in [0.29, 0.717) is 6.04 Å². The fourth-order valence-corrected chi connectivity index (χ4v) is 4.10. The number of nitrogens with one attached hydrogen (secondary N) is 1. The molecule has 4 unspecified atom stereocenters. The van der Waals surface area contributed by atoms with Crippen molar-refractivity contribution in [2.45, 2.75) is 58.9 Å². The van der Waals surface area contributed by atoms with Crippen LogP contribution in [0, 0.1) is 17.8 Å². The van der Waals surface area contributed by atoms with Crippen molar-refractivity contribution in [3.63, 3.8) is 0 Å². The van der Waals surface area contributed by atoms with E-state index in [9.17, 15) is 0 Å². The van der Waals surface area contributed by atoms with Crippen LogP contribution in [0.1, 0.15) is 51.3 Å². The Hall–Kier alpha value is -0.340. The van der Waals surface area contributed by atoms with Gasteiger partial charge in [-0.25, -0.2) is 0 Å². The van der Waals surface area contributed by atoms with Crippen LogP contribution in [0.15, 0.2) is 17.5 Å². The van der Waals surface area contributed by atoms with Crippen LogP contribution in [0.25, 0.3) is 0 Å². The molecule has 4 atom stereocenters. The number of rotatable bonds is 6. The highest BCUT2D eigenvalue weighted by Crippen LogP contribution is 2.36. The quantitative estimate of drug-likeness (QED) is 0.793. The summed E-state index contributed by atoms with van der Waals surface area (Å²) in [5.41, 5.74) is 0. The third kappa shape index (κ3) is 4.32. The lowest BCUT2D eigenvalue weighted by molar-refractivity contribution is 0.170. The fourth-order valence-electron chi connectivity index (χ4n) is 3.34. The summed E-state index contributed by atoms with van der Waals surface area (Å²) in [5.74, 6) is 2.69. The molecule has 0 saturated heterocycles. The van der Waals surface area contributed by atoms with Gasteiger partial charge >= 0.3 is 0 Å². The lowest BCUT2D eigenvalue weighted by Gasteiger charge is -2.37. The Balaban J connectivity index is 1.96. The summed E-state index contributed by atoms with van der Waals surface area (Å²) in [6.45, 7) is 8.30. The molecule has 2 rings (SSSR count). The summed E-state index contributed by atoms with van der Waals surface area (Å²) in [6.07, 6.45) is 6.70. The van der Waals surface area contributed by atoms with Crippen LogP contribution >= 0.6 is 11.3 Å². The molecule has 19 heavy (non-hydrogen) atoms. The van der Waals surface area contributed by atoms with Crippen molar-refractivity contribution < 1.29 is 0 Å². The van der Waals surface area contributed by atoms with Crippen molar-refractivity contribution in [3.05, 3.63) is 22.4 Å². The molecular formula is C17H29NS. The lowest BCUT2D eigenvalue weighted by Crippen LogP contribution is -2.41. The SMILES string of the molecule is CCCNC(Cc1cccs1)C1CCC(C)C(C)C1. The minimum Gasteiger partial charge on any atom is -0.313 e. The van der Waals surface area contributed by atoms with Gasteiger partial charge in [0.1, 0.15) is 0 Å². The first-order chi connectivity index (χ1) is 9.20. The van der Waals surface area contributed by atoms with E-state index in [1.807, 2.05) is 11.3 Å². The van der Waals surface area contributed by atoms with E-state index in [1.54, 1.807) is 4.88 Å². The second-order valence-electron chi connectivity index (χ2n) is 6.37. The fraction of sp³-hybridized carbons (Fsp3) is 0.765. The standard InChI is InChI=1S/C17H29NS/c1-4-9-18-17(12-16-6-5-10-19-16)15-8-7-13(2)14(3)11-15/h5-6,10,13-15,17-18H,4,7-9,11-12H2,1-3H3. The third-order valence-corrected chi connectivity index (χ3v) is 5.76. The Morgan fingerprint density at radius 3 is 2.79 bits per heavy atom. The predicted molar refractivity (Wildman–Crippen MR) is 85.8 cm³/mol. The van der Waals surface area contributed by atoms with Crippen LogP contribution in [0.5, 0.6) is 0 Å². The van der Waals surface area contributed by atoms with Gasteiger partial charge in [0.15, 0.2) is 0 Å². The summed E-state index contributed by atoms with van der Waals surface area (Å²) >= 11 is 1.91. The van der Waals surface area contributed by atoms with Crippen molar-refractivity contribution in [1.82, 2.24) is 5.32 Å². The van der Waals surface area contributed by atoms with Gasteiger partial charge in [-0.05, 0) is 61.4 Å². The molecule has 1 aromatic rings. The van der Waals surface area contributed by atoms with Gasteiger partial charge in [-0.15, -0.1) is 11.3 Å². The largest absolute Gasteiger partial charge is 0.313 e. The average molecular weight is 279 g/mol. The summed E-state index contributed by atoms with van der Waals surface area (Å²) in [4.78, 5) is 1.54. The molecule has 1 aliphatic carbocycles. The zero-order valence-electron chi connectivity index (χ0n) is 12.7. The molecule has 2 heteroatoms. The van der Waals surface area contributed by atoms with Crippen molar-refractivity contribution in [1.29, 1.82) is 0 Å². The molecule has 0 aromatic carbocycles. The van der Waals surface area contributed by atoms with Crippen LogP contribution in [-0.2, 0) is 6.42 Å². The van der Waals surface area contributed by atoms with E-state index in [2.05, 4.69) is 43.6 Å². The first-order valence-electron chi connectivity index (χ1n) is 7.96. The number of thiophene rings is 1. The molecule has 1 aromatic heterocycles. The van der Waals surface area contributed by atoms with Gasteiger partial charge in [0, 0.05) is 10.9 Å². The molecule has 1 fully saturated rings. The monoisotopic (exact) mass is 279 g/mol. The second kappa shape index (κ2) is 7.44. The zero-order valence-corrected chi connectivity index (χ0v) is 13.5. The molecule has 0 radical (unpaired) electrons.